The molecule has 1 aliphatic heterocycles. The van der Waals surface area contributed by atoms with Gasteiger partial charge in [-0.05, 0) is 19.1 Å². The van der Waals surface area contributed by atoms with Gasteiger partial charge in [-0.1, -0.05) is 6.07 Å². The number of amides is 1. The summed E-state index contributed by atoms with van der Waals surface area (Å²) in [6.45, 7) is 5.14. The van der Waals surface area contributed by atoms with Gasteiger partial charge in [-0.25, -0.2) is 18.7 Å². The lowest BCUT2D eigenvalue weighted by molar-refractivity contribution is -0.892. The molecule has 26 heavy (non-hydrogen) atoms. The van der Waals surface area contributed by atoms with Crippen LogP contribution in [0.1, 0.15) is 18.5 Å². The van der Waals surface area contributed by atoms with Gasteiger partial charge in [0, 0.05) is 24.0 Å². The summed E-state index contributed by atoms with van der Waals surface area (Å²) in [6, 6.07) is 4.65. The topological polar surface area (TPSA) is 62.6 Å². The highest BCUT2D eigenvalue weighted by Gasteiger charge is 2.24. The van der Waals surface area contributed by atoms with E-state index in [1.54, 1.807) is 25.4 Å². The second-order valence-corrected chi connectivity index (χ2v) is 6.42. The molecule has 2 heterocycles. The van der Waals surface area contributed by atoms with Gasteiger partial charge in [0.25, 0.3) is 5.91 Å². The Hall–Kier alpha value is -2.61. The Morgan fingerprint density at radius 3 is 2.62 bits per heavy atom. The number of halogens is 2. The summed E-state index contributed by atoms with van der Waals surface area (Å²) in [5, 5.41) is 2.79. The third-order valence-electron chi connectivity index (χ3n) is 4.52. The van der Waals surface area contributed by atoms with Crippen LogP contribution in [0.25, 0.3) is 0 Å². The van der Waals surface area contributed by atoms with Crippen molar-refractivity contribution in [3.8, 4) is 0 Å². The van der Waals surface area contributed by atoms with Crippen molar-refractivity contribution in [2.45, 2.75) is 13.0 Å². The van der Waals surface area contributed by atoms with E-state index >= 15 is 0 Å². The van der Waals surface area contributed by atoms with E-state index in [1.807, 2.05) is 0 Å². The Morgan fingerprint density at radius 2 is 1.96 bits per heavy atom. The SMILES string of the molecule is C[C@H](NC(=O)C[NH+]1CCN(c2ncccn2)CC1)c1ccc(F)cc1F. The minimum absolute atomic E-state index is 0.152. The first kappa shape index (κ1) is 18.2. The first-order valence-corrected chi connectivity index (χ1v) is 8.63. The lowest BCUT2D eigenvalue weighted by Crippen LogP contribution is -3.16. The van der Waals surface area contributed by atoms with Gasteiger partial charge in [-0.15, -0.1) is 0 Å². The molecule has 8 heteroatoms. The average Bonchev–Trinajstić information content (AvgIpc) is 2.63. The zero-order valence-corrected chi connectivity index (χ0v) is 14.6. The van der Waals surface area contributed by atoms with Gasteiger partial charge in [0.1, 0.15) is 11.6 Å². The molecule has 2 N–H and O–H groups in total. The first-order valence-electron chi connectivity index (χ1n) is 8.63. The summed E-state index contributed by atoms with van der Waals surface area (Å²) >= 11 is 0. The third-order valence-corrected chi connectivity index (χ3v) is 4.52. The minimum Gasteiger partial charge on any atom is -0.345 e. The molecule has 3 rings (SSSR count). The van der Waals surface area contributed by atoms with Crippen LogP contribution in [0.4, 0.5) is 14.7 Å². The van der Waals surface area contributed by atoms with Gasteiger partial charge in [-0.3, -0.25) is 4.79 Å². The van der Waals surface area contributed by atoms with Crippen LogP contribution in [-0.2, 0) is 4.79 Å². The highest BCUT2D eigenvalue weighted by molar-refractivity contribution is 5.77. The largest absolute Gasteiger partial charge is 0.345 e. The van der Waals surface area contributed by atoms with Crippen LogP contribution in [0, 0.1) is 11.6 Å². The Balaban J connectivity index is 1.48. The molecular weight excluding hydrogens is 340 g/mol. The van der Waals surface area contributed by atoms with Gasteiger partial charge in [0.2, 0.25) is 5.95 Å². The van der Waals surface area contributed by atoms with Crippen molar-refractivity contribution in [3.05, 3.63) is 53.9 Å². The molecule has 1 fully saturated rings. The molecule has 0 unspecified atom stereocenters. The third kappa shape index (κ3) is 4.51. The minimum atomic E-state index is -0.651. The number of rotatable bonds is 5. The molecule has 0 spiro atoms. The predicted molar refractivity (Wildman–Crippen MR) is 92.7 cm³/mol. The molecule has 1 aromatic heterocycles. The maximum Gasteiger partial charge on any atom is 0.275 e. The van der Waals surface area contributed by atoms with Crippen LogP contribution in [0.5, 0.6) is 0 Å². The first-order chi connectivity index (χ1) is 12.5. The van der Waals surface area contributed by atoms with Crippen LogP contribution in [0.3, 0.4) is 0 Å². The van der Waals surface area contributed by atoms with Crippen molar-refractivity contribution in [3.63, 3.8) is 0 Å². The van der Waals surface area contributed by atoms with E-state index in [1.165, 1.54) is 12.1 Å². The number of aromatic nitrogens is 2. The number of quaternary nitrogens is 1. The zero-order chi connectivity index (χ0) is 18.5. The van der Waals surface area contributed by atoms with Crippen molar-refractivity contribution < 1.29 is 18.5 Å². The fraction of sp³-hybridized carbons (Fsp3) is 0.389. The van der Waals surface area contributed by atoms with Gasteiger partial charge in [-0.2, -0.15) is 0 Å². The van der Waals surface area contributed by atoms with Crippen LogP contribution in [0.15, 0.2) is 36.7 Å². The fourth-order valence-corrected chi connectivity index (χ4v) is 3.10. The van der Waals surface area contributed by atoms with E-state index in [-0.39, 0.29) is 11.5 Å². The molecule has 1 amide bonds. The lowest BCUT2D eigenvalue weighted by atomic mass is 10.1. The highest BCUT2D eigenvalue weighted by atomic mass is 19.1. The van der Waals surface area contributed by atoms with Crippen molar-refractivity contribution in [1.82, 2.24) is 15.3 Å². The number of carbonyl (C=O) groups excluding carboxylic acids is 1. The molecule has 1 aromatic carbocycles. The summed E-state index contributed by atoms with van der Waals surface area (Å²) in [4.78, 5) is 24.0. The number of benzene rings is 1. The fourth-order valence-electron chi connectivity index (χ4n) is 3.10. The second kappa shape index (κ2) is 8.18. The Morgan fingerprint density at radius 1 is 1.27 bits per heavy atom. The van der Waals surface area contributed by atoms with Crippen molar-refractivity contribution in [2.75, 3.05) is 37.6 Å². The van der Waals surface area contributed by atoms with Crippen LogP contribution in [-0.4, -0.2) is 48.6 Å². The Labute approximate surface area is 150 Å². The number of nitrogens with zero attached hydrogens (tertiary/aromatic N) is 3. The second-order valence-electron chi connectivity index (χ2n) is 6.42. The maximum atomic E-state index is 13.8. The highest BCUT2D eigenvalue weighted by Crippen LogP contribution is 2.17. The van der Waals surface area contributed by atoms with Crippen LogP contribution in [0.2, 0.25) is 0 Å². The van der Waals surface area contributed by atoms with Crippen LogP contribution < -0.4 is 15.1 Å². The molecule has 1 saturated heterocycles. The Bertz CT molecular complexity index is 751. The van der Waals surface area contributed by atoms with Gasteiger partial charge >= 0.3 is 0 Å². The van der Waals surface area contributed by atoms with Crippen molar-refractivity contribution in [1.29, 1.82) is 0 Å². The van der Waals surface area contributed by atoms with Gasteiger partial charge in [0.15, 0.2) is 6.54 Å². The molecule has 6 nitrogen and oxygen atoms in total. The van der Waals surface area contributed by atoms with Crippen molar-refractivity contribution in [2.24, 2.45) is 0 Å². The van der Waals surface area contributed by atoms with E-state index < -0.39 is 17.7 Å². The smallest absolute Gasteiger partial charge is 0.275 e. The number of hydrogen-bond donors (Lipinski definition) is 2. The molecule has 1 aliphatic rings. The average molecular weight is 362 g/mol. The van der Waals surface area contributed by atoms with Crippen molar-refractivity contribution >= 4 is 11.9 Å². The molecule has 0 bridgehead atoms. The van der Waals surface area contributed by atoms with E-state index in [9.17, 15) is 13.6 Å². The number of carbonyl (C=O) groups is 1. The molecular formula is C18H22F2N5O+. The maximum absolute atomic E-state index is 13.8. The zero-order valence-electron chi connectivity index (χ0n) is 14.6. The summed E-state index contributed by atoms with van der Waals surface area (Å²) in [6.07, 6.45) is 3.43. The Kier molecular flexibility index (Phi) is 5.72. The van der Waals surface area contributed by atoms with E-state index in [2.05, 4.69) is 20.2 Å². The van der Waals surface area contributed by atoms with E-state index in [4.69, 9.17) is 0 Å². The quantitative estimate of drug-likeness (QED) is 0.805. The summed E-state index contributed by atoms with van der Waals surface area (Å²) in [7, 11) is 0. The molecule has 138 valence electrons. The molecule has 0 aliphatic carbocycles. The molecule has 2 aromatic rings. The number of hydrogen-bond acceptors (Lipinski definition) is 4. The summed E-state index contributed by atoms with van der Waals surface area (Å²) < 4.78 is 26.8. The summed E-state index contributed by atoms with van der Waals surface area (Å²) in [5.41, 5.74) is 0.279. The number of piperazine rings is 1. The van der Waals surface area contributed by atoms with Gasteiger partial charge in [0.05, 0.1) is 32.2 Å². The lowest BCUT2D eigenvalue weighted by Gasteiger charge is -2.31. The monoisotopic (exact) mass is 362 g/mol. The standard InChI is InChI=1S/C18H21F2N5O/c1-13(15-4-3-14(19)11-16(15)20)23-17(26)12-24-7-9-25(10-8-24)18-21-5-2-6-22-18/h2-6,11,13H,7-10,12H2,1H3,(H,23,26)/p+1/t13-/m0/s1. The molecule has 0 radical (unpaired) electrons. The number of anilines is 1. The molecule has 1 atom stereocenters. The predicted octanol–water partition coefficient (Wildman–Crippen LogP) is 0.337. The van der Waals surface area contributed by atoms with Crippen LogP contribution >= 0.6 is 0 Å². The van der Waals surface area contributed by atoms with E-state index in [0.29, 0.717) is 12.5 Å². The number of nitrogens with one attached hydrogen (secondary N) is 2. The van der Waals surface area contributed by atoms with Gasteiger partial charge < -0.3 is 15.1 Å². The molecule has 0 saturated carbocycles. The normalized spacial score (nSPS) is 16.3. The summed E-state index contributed by atoms with van der Waals surface area (Å²) in [5.74, 6) is -0.729. The van der Waals surface area contributed by atoms with E-state index in [0.717, 1.165) is 37.1 Å².